The first-order chi connectivity index (χ1) is 9.52. The number of nitrogens with zero attached hydrogens (tertiary/aromatic N) is 2. The standard InChI is InChI=1S/C14H21F2N3O/c1-3-5-17-13-10(15)7-11(16)14(18-13)19-6-4-9(2)12(20)8-19/h7,9,12,20H,3-6,8H2,1-2H3,(H,17,18). The third-order valence-electron chi connectivity index (χ3n) is 3.67. The van der Waals surface area contributed by atoms with Crippen molar-refractivity contribution in [3.05, 3.63) is 17.7 Å². The maximum absolute atomic E-state index is 13.9. The van der Waals surface area contributed by atoms with E-state index in [0.29, 0.717) is 19.6 Å². The monoisotopic (exact) mass is 285 g/mol. The number of aliphatic hydroxyl groups is 1. The number of rotatable bonds is 4. The van der Waals surface area contributed by atoms with E-state index in [1.54, 1.807) is 4.90 Å². The highest BCUT2D eigenvalue weighted by Gasteiger charge is 2.27. The number of β-amino-alcohol motifs (C(OH)–C–C–N with tert-alkyl or cyclic N) is 1. The smallest absolute Gasteiger partial charge is 0.168 e. The van der Waals surface area contributed by atoms with Gasteiger partial charge in [-0.25, -0.2) is 13.8 Å². The summed E-state index contributed by atoms with van der Waals surface area (Å²) in [6.45, 7) is 5.43. The number of piperidine rings is 1. The molecule has 0 spiro atoms. The van der Waals surface area contributed by atoms with Gasteiger partial charge in [0.2, 0.25) is 0 Å². The fourth-order valence-corrected chi connectivity index (χ4v) is 2.29. The van der Waals surface area contributed by atoms with Gasteiger partial charge in [-0.2, -0.15) is 0 Å². The van der Waals surface area contributed by atoms with Crippen molar-refractivity contribution >= 4 is 11.6 Å². The summed E-state index contributed by atoms with van der Waals surface area (Å²) < 4.78 is 27.5. The molecule has 1 saturated heterocycles. The number of hydrogen-bond acceptors (Lipinski definition) is 4. The molecule has 2 atom stereocenters. The maximum atomic E-state index is 13.9. The number of halogens is 2. The van der Waals surface area contributed by atoms with Crippen LogP contribution in [-0.2, 0) is 0 Å². The van der Waals surface area contributed by atoms with E-state index in [9.17, 15) is 13.9 Å². The highest BCUT2D eigenvalue weighted by Crippen LogP contribution is 2.26. The molecule has 2 unspecified atom stereocenters. The van der Waals surface area contributed by atoms with Gasteiger partial charge in [-0.05, 0) is 18.8 Å². The van der Waals surface area contributed by atoms with E-state index in [0.717, 1.165) is 18.9 Å². The molecule has 1 aliphatic heterocycles. The summed E-state index contributed by atoms with van der Waals surface area (Å²) in [4.78, 5) is 5.72. The molecule has 2 rings (SSSR count). The minimum Gasteiger partial charge on any atom is -0.391 e. The molecular weight excluding hydrogens is 264 g/mol. The fraction of sp³-hybridized carbons (Fsp3) is 0.643. The van der Waals surface area contributed by atoms with Crippen LogP contribution in [0, 0.1) is 17.6 Å². The van der Waals surface area contributed by atoms with E-state index in [1.807, 2.05) is 13.8 Å². The van der Waals surface area contributed by atoms with E-state index >= 15 is 0 Å². The van der Waals surface area contributed by atoms with Crippen molar-refractivity contribution in [3.63, 3.8) is 0 Å². The Kier molecular flexibility index (Phi) is 4.75. The van der Waals surface area contributed by atoms with Gasteiger partial charge < -0.3 is 15.3 Å². The van der Waals surface area contributed by atoms with Crippen molar-refractivity contribution in [1.29, 1.82) is 0 Å². The van der Waals surface area contributed by atoms with Gasteiger partial charge in [0.05, 0.1) is 6.10 Å². The van der Waals surface area contributed by atoms with Crippen molar-refractivity contribution in [2.75, 3.05) is 29.9 Å². The molecule has 1 fully saturated rings. The number of hydrogen-bond donors (Lipinski definition) is 2. The highest BCUT2D eigenvalue weighted by atomic mass is 19.1. The minimum atomic E-state index is -0.689. The third kappa shape index (κ3) is 3.17. The lowest BCUT2D eigenvalue weighted by Crippen LogP contribution is -2.43. The van der Waals surface area contributed by atoms with Crippen LogP contribution in [-0.4, -0.2) is 35.8 Å². The van der Waals surface area contributed by atoms with Gasteiger partial charge in [0.25, 0.3) is 0 Å². The van der Waals surface area contributed by atoms with Crippen LogP contribution in [0.4, 0.5) is 20.4 Å². The SMILES string of the molecule is CCCNc1nc(N2CCC(C)C(O)C2)c(F)cc1F. The average molecular weight is 285 g/mol. The molecule has 6 heteroatoms. The van der Waals surface area contributed by atoms with Gasteiger partial charge in [0.15, 0.2) is 23.3 Å². The first kappa shape index (κ1) is 15.0. The Balaban J connectivity index is 2.22. The predicted octanol–water partition coefficient (Wildman–Crippen LogP) is 2.39. The fourth-order valence-electron chi connectivity index (χ4n) is 2.29. The molecule has 1 aromatic heterocycles. The molecule has 0 aromatic carbocycles. The minimum absolute atomic E-state index is 0.0661. The third-order valence-corrected chi connectivity index (χ3v) is 3.67. The van der Waals surface area contributed by atoms with E-state index in [-0.39, 0.29) is 17.6 Å². The van der Waals surface area contributed by atoms with Crippen LogP contribution in [0.3, 0.4) is 0 Å². The number of anilines is 2. The zero-order valence-corrected chi connectivity index (χ0v) is 11.9. The van der Waals surface area contributed by atoms with E-state index in [4.69, 9.17) is 0 Å². The van der Waals surface area contributed by atoms with E-state index < -0.39 is 17.7 Å². The second-order valence-electron chi connectivity index (χ2n) is 5.33. The Hall–Kier alpha value is -1.43. The zero-order valence-electron chi connectivity index (χ0n) is 11.9. The number of nitrogens with one attached hydrogen (secondary N) is 1. The molecule has 2 heterocycles. The number of pyridine rings is 1. The molecule has 0 amide bonds. The topological polar surface area (TPSA) is 48.4 Å². The van der Waals surface area contributed by atoms with Crippen molar-refractivity contribution in [3.8, 4) is 0 Å². The summed E-state index contributed by atoms with van der Waals surface area (Å²) >= 11 is 0. The molecule has 0 radical (unpaired) electrons. The average Bonchev–Trinajstić information content (AvgIpc) is 2.41. The van der Waals surface area contributed by atoms with Gasteiger partial charge in [-0.1, -0.05) is 13.8 Å². The number of aromatic nitrogens is 1. The molecule has 2 N–H and O–H groups in total. The lowest BCUT2D eigenvalue weighted by atomic mass is 9.96. The van der Waals surface area contributed by atoms with E-state index in [1.165, 1.54) is 0 Å². The second-order valence-corrected chi connectivity index (χ2v) is 5.33. The largest absolute Gasteiger partial charge is 0.391 e. The predicted molar refractivity (Wildman–Crippen MR) is 74.9 cm³/mol. The van der Waals surface area contributed by atoms with Crippen LogP contribution in [0.25, 0.3) is 0 Å². The molecular formula is C14H21F2N3O. The highest BCUT2D eigenvalue weighted by molar-refractivity contribution is 5.49. The lowest BCUT2D eigenvalue weighted by molar-refractivity contribution is 0.102. The summed E-state index contributed by atoms with van der Waals surface area (Å²) in [6.07, 6.45) is 1.08. The van der Waals surface area contributed by atoms with Crippen molar-refractivity contribution in [1.82, 2.24) is 4.98 Å². The quantitative estimate of drug-likeness (QED) is 0.892. The van der Waals surface area contributed by atoms with Gasteiger partial charge in [-0.3, -0.25) is 0 Å². The second kappa shape index (κ2) is 6.35. The van der Waals surface area contributed by atoms with Crippen LogP contribution < -0.4 is 10.2 Å². The molecule has 0 saturated carbocycles. The van der Waals surface area contributed by atoms with Crippen molar-refractivity contribution in [2.45, 2.75) is 32.8 Å². The Morgan fingerprint density at radius 3 is 2.85 bits per heavy atom. The summed E-state index contributed by atoms with van der Waals surface area (Å²) in [7, 11) is 0. The molecule has 1 aromatic rings. The molecule has 112 valence electrons. The molecule has 0 bridgehead atoms. The van der Waals surface area contributed by atoms with Gasteiger partial charge in [0.1, 0.15) is 0 Å². The van der Waals surface area contributed by atoms with Crippen LogP contribution in [0.5, 0.6) is 0 Å². The lowest BCUT2D eigenvalue weighted by Gasteiger charge is -2.35. The molecule has 0 aliphatic carbocycles. The summed E-state index contributed by atoms with van der Waals surface area (Å²) in [5.41, 5.74) is 0. The summed E-state index contributed by atoms with van der Waals surface area (Å²) in [5, 5.41) is 12.7. The van der Waals surface area contributed by atoms with Gasteiger partial charge >= 0.3 is 0 Å². The normalized spacial score (nSPS) is 22.9. The Morgan fingerprint density at radius 1 is 1.45 bits per heavy atom. The first-order valence-electron chi connectivity index (χ1n) is 7.05. The maximum Gasteiger partial charge on any atom is 0.168 e. The first-order valence-corrected chi connectivity index (χ1v) is 7.05. The van der Waals surface area contributed by atoms with Crippen LogP contribution in [0.2, 0.25) is 0 Å². The molecule has 20 heavy (non-hydrogen) atoms. The van der Waals surface area contributed by atoms with Gasteiger partial charge in [-0.15, -0.1) is 0 Å². The summed E-state index contributed by atoms with van der Waals surface area (Å²) in [6, 6.07) is 0.852. The Labute approximate surface area is 117 Å². The van der Waals surface area contributed by atoms with Crippen molar-refractivity contribution in [2.24, 2.45) is 5.92 Å². The van der Waals surface area contributed by atoms with Gasteiger partial charge in [0, 0.05) is 25.7 Å². The van der Waals surface area contributed by atoms with Crippen LogP contribution >= 0.6 is 0 Å². The van der Waals surface area contributed by atoms with Crippen LogP contribution in [0.1, 0.15) is 26.7 Å². The number of aliphatic hydroxyl groups excluding tert-OH is 1. The van der Waals surface area contributed by atoms with Crippen molar-refractivity contribution < 1.29 is 13.9 Å². The Bertz CT molecular complexity index is 470. The van der Waals surface area contributed by atoms with E-state index in [2.05, 4.69) is 10.3 Å². The van der Waals surface area contributed by atoms with Crippen LogP contribution in [0.15, 0.2) is 6.07 Å². The Morgan fingerprint density at radius 2 is 2.20 bits per heavy atom. The zero-order chi connectivity index (χ0) is 14.7. The summed E-state index contributed by atoms with van der Waals surface area (Å²) in [5.74, 6) is -1.02. The molecule has 1 aliphatic rings. The molecule has 4 nitrogen and oxygen atoms in total.